The summed E-state index contributed by atoms with van der Waals surface area (Å²) in [5, 5.41) is 3.28. The number of aryl methyl sites for hydroxylation is 2. The van der Waals surface area contributed by atoms with E-state index < -0.39 is 14.0 Å². The topological polar surface area (TPSA) is 51.8 Å². The van der Waals surface area contributed by atoms with E-state index in [0.717, 1.165) is 55.7 Å². The SMILES string of the molecule is Cc1ccnc(-c2[c-]ccc3c2oc2nc(C)ccc23)c1.[2H]C(C)(C)c1cc(-c2[c-]cc(F)cc2)ncc1[Si](C)(C)C.[Ir]. The first kappa shape index (κ1) is 30.0. The predicted molar refractivity (Wildman–Crippen MR) is 169 cm³/mol. The number of rotatable bonds is 4. The molecule has 0 aliphatic rings. The van der Waals surface area contributed by atoms with E-state index in [2.05, 4.69) is 59.7 Å². The largest absolute Gasteiger partial charge is 0.486 e. The Morgan fingerprint density at radius 2 is 1.71 bits per heavy atom. The number of hydrogen-bond donors (Lipinski definition) is 0. The molecule has 6 aromatic rings. The minimum atomic E-state index is -1.57. The van der Waals surface area contributed by atoms with Gasteiger partial charge < -0.3 is 14.4 Å². The number of nitrogens with zero attached hydrogens (tertiary/aromatic N) is 3. The molecule has 0 bridgehead atoms. The molecule has 217 valence electrons. The smallest absolute Gasteiger partial charge is 0.216 e. The zero-order valence-electron chi connectivity index (χ0n) is 25.9. The van der Waals surface area contributed by atoms with Crippen LogP contribution in [0.4, 0.5) is 4.39 Å². The number of halogens is 1. The molecule has 0 spiro atoms. The van der Waals surface area contributed by atoms with Gasteiger partial charge in [0.2, 0.25) is 5.71 Å². The Kier molecular flexibility index (Phi) is 9.12. The van der Waals surface area contributed by atoms with Gasteiger partial charge in [-0.3, -0.25) is 4.39 Å². The Morgan fingerprint density at radius 1 is 0.929 bits per heavy atom. The van der Waals surface area contributed by atoms with Crippen molar-refractivity contribution in [2.45, 2.75) is 53.2 Å². The fourth-order valence-electron chi connectivity index (χ4n) is 4.76. The van der Waals surface area contributed by atoms with Crippen LogP contribution in [0.2, 0.25) is 19.6 Å². The van der Waals surface area contributed by atoms with Gasteiger partial charge in [0.25, 0.3) is 0 Å². The van der Waals surface area contributed by atoms with Crippen molar-refractivity contribution in [3.8, 4) is 22.5 Å². The third-order valence-corrected chi connectivity index (χ3v) is 8.93. The van der Waals surface area contributed by atoms with Crippen molar-refractivity contribution >= 4 is 35.3 Å². The molecule has 0 N–H and O–H groups in total. The Balaban J connectivity index is 0.000000192. The van der Waals surface area contributed by atoms with Crippen LogP contribution in [0.1, 0.15) is 37.9 Å². The van der Waals surface area contributed by atoms with Gasteiger partial charge in [-0.05, 0) is 54.5 Å². The molecule has 7 heteroatoms. The van der Waals surface area contributed by atoms with Crippen molar-refractivity contribution in [1.82, 2.24) is 15.0 Å². The molecule has 0 unspecified atom stereocenters. The fraction of sp³-hybridized carbons (Fsp3) is 0.229. The van der Waals surface area contributed by atoms with E-state index in [1.54, 1.807) is 6.07 Å². The molecule has 0 aliphatic heterocycles. The van der Waals surface area contributed by atoms with Gasteiger partial charge in [-0.1, -0.05) is 67.7 Å². The van der Waals surface area contributed by atoms with E-state index in [0.29, 0.717) is 5.71 Å². The summed E-state index contributed by atoms with van der Waals surface area (Å²) >= 11 is 0. The normalized spacial score (nSPS) is 12.0. The van der Waals surface area contributed by atoms with E-state index >= 15 is 0 Å². The molecule has 0 aliphatic carbocycles. The average Bonchev–Trinajstić information content (AvgIpc) is 3.30. The summed E-state index contributed by atoms with van der Waals surface area (Å²) < 4.78 is 27.4. The van der Waals surface area contributed by atoms with Gasteiger partial charge in [0.1, 0.15) is 0 Å². The molecule has 6 rings (SSSR count). The maximum atomic E-state index is 13.0. The molecule has 4 heterocycles. The monoisotopic (exact) mass is 753 g/mol. The first-order valence-electron chi connectivity index (χ1n) is 14.1. The second-order valence-electron chi connectivity index (χ2n) is 11.5. The zero-order chi connectivity index (χ0) is 30.2. The third kappa shape index (κ3) is 6.75. The average molecular weight is 753 g/mol. The number of aromatic nitrogens is 3. The van der Waals surface area contributed by atoms with Crippen molar-refractivity contribution < 1.29 is 30.3 Å². The van der Waals surface area contributed by atoms with Gasteiger partial charge in [0, 0.05) is 50.8 Å². The van der Waals surface area contributed by atoms with Crippen LogP contribution in [0, 0.1) is 31.8 Å². The van der Waals surface area contributed by atoms with Crippen LogP contribution in [0.3, 0.4) is 0 Å². The Morgan fingerprint density at radius 3 is 2.38 bits per heavy atom. The first-order chi connectivity index (χ1) is 19.8. The van der Waals surface area contributed by atoms with Gasteiger partial charge in [-0.15, -0.1) is 48.0 Å². The molecule has 0 saturated carbocycles. The van der Waals surface area contributed by atoms with Gasteiger partial charge in [0.05, 0.1) is 13.7 Å². The second-order valence-corrected chi connectivity index (χ2v) is 16.5. The van der Waals surface area contributed by atoms with Crippen molar-refractivity contribution in [3.05, 3.63) is 108 Å². The number of pyridine rings is 3. The van der Waals surface area contributed by atoms with Crippen LogP contribution in [0.15, 0.2) is 77.5 Å². The number of benzene rings is 2. The molecule has 0 saturated heterocycles. The Hall–Kier alpha value is -3.51. The van der Waals surface area contributed by atoms with Crippen LogP contribution in [0.5, 0.6) is 0 Å². The summed E-state index contributed by atoms with van der Waals surface area (Å²) in [5.41, 5.74) is 7.82. The molecule has 0 amide bonds. The fourth-order valence-corrected chi connectivity index (χ4v) is 6.34. The molecule has 4 nitrogen and oxygen atoms in total. The number of furan rings is 1. The standard InChI is InChI=1S/C18H13N2O.C17H21FNSi.Ir/c1-11-8-9-19-16(10-11)15-5-3-4-13-14-7-6-12(2)20-18(14)21-17(13)15;1-12(2)15-10-16(13-6-8-14(18)9-7-13)19-11-17(15)20(3,4)5;/h3-4,6-10H,1-2H3;6,8-12H,1-5H3;/q2*-1;/i;12D;. The van der Waals surface area contributed by atoms with Gasteiger partial charge >= 0.3 is 0 Å². The minimum absolute atomic E-state index is 0. The van der Waals surface area contributed by atoms with Crippen molar-refractivity contribution in [2.75, 3.05) is 0 Å². The van der Waals surface area contributed by atoms with Crippen LogP contribution in [-0.2, 0) is 20.1 Å². The summed E-state index contributed by atoms with van der Waals surface area (Å²) in [6.07, 6.45) is 3.70. The minimum Gasteiger partial charge on any atom is -0.486 e. The predicted octanol–water partition coefficient (Wildman–Crippen LogP) is 8.81. The molecule has 42 heavy (non-hydrogen) atoms. The van der Waals surface area contributed by atoms with Crippen molar-refractivity contribution in [2.24, 2.45) is 0 Å². The maximum absolute atomic E-state index is 13.0. The molecule has 4 aromatic heterocycles. The number of fused-ring (bicyclic) bond motifs is 3. The quantitative estimate of drug-likeness (QED) is 0.134. The molecular formula is C35H34FIrN3OSi-2. The summed E-state index contributed by atoms with van der Waals surface area (Å²) in [6, 6.07) is 24.5. The van der Waals surface area contributed by atoms with Gasteiger partial charge in [0.15, 0.2) is 0 Å². The van der Waals surface area contributed by atoms with Gasteiger partial charge in [-0.2, -0.15) is 0 Å². The summed E-state index contributed by atoms with van der Waals surface area (Å²) in [6.45, 7) is 14.6. The maximum Gasteiger partial charge on any atom is 0.216 e. The number of hydrogen-bond acceptors (Lipinski definition) is 4. The van der Waals surface area contributed by atoms with E-state index in [1.807, 2.05) is 69.6 Å². The van der Waals surface area contributed by atoms with Crippen LogP contribution in [0.25, 0.3) is 44.6 Å². The van der Waals surface area contributed by atoms with E-state index in [9.17, 15) is 4.39 Å². The van der Waals surface area contributed by atoms with Crippen molar-refractivity contribution in [3.63, 3.8) is 0 Å². The van der Waals surface area contributed by atoms with E-state index in [1.165, 1.54) is 17.3 Å². The third-order valence-electron chi connectivity index (χ3n) is 6.91. The van der Waals surface area contributed by atoms with E-state index in [-0.39, 0.29) is 25.9 Å². The molecule has 0 fully saturated rings. The van der Waals surface area contributed by atoms with Crippen LogP contribution >= 0.6 is 0 Å². The van der Waals surface area contributed by atoms with Crippen LogP contribution in [-0.4, -0.2) is 23.0 Å². The summed E-state index contributed by atoms with van der Waals surface area (Å²) in [7, 11) is -1.57. The molecule has 0 atom stereocenters. The molecule has 2 aromatic carbocycles. The molecule has 1 radical (unpaired) electrons. The van der Waals surface area contributed by atoms with Crippen molar-refractivity contribution in [1.29, 1.82) is 0 Å². The van der Waals surface area contributed by atoms with E-state index in [4.69, 9.17) is 5.79 Å². The van der Waals surface area contributed by atoms with Gasteiger partial charge in [-0.25, -0.2) is 4.98 Å². The Bertz CT molecular complexity index is 1890. The zero-order valence-corrected chi connectivity index (χ0v) is 28.3. The summed E-state index contributed by atoms with van der Waals surface area (Å²) in [5.74, 6) is -0.994. The molecular weight excluding hydrogens is 718 g/mol. The second kappa shape index (κ2) is 12.8. The summed E-state index contributed by atoms with van der Waals surface area (Å²) in [4.78, 5) is 13.4. The first-order valence-corrected chi connectivity index (χ1v) is 17.1. The Labute approximate surface area is 263 Å². The van der Waals surface area contributed by atoms with Crippen LogP contribution < -0.4 is 5.19 Å².